The minimum Gasteiger partial charge on any atom is -0.323 e. The van der Waals surface area contributed by atoms with E-state index in [9.17, 15) is 4.79 Å². The number of hydrogen-bond acceptors (Lipinski definition) is 3. The van der Waals surface area contributed by atoms with Gasteiger partial charge in [0, 0.05) is 9.50 Å². The van der Waals surface area contributed by atoms with Crippen molar-refractivity contribution in [1.29, 1.82) is 0 Å². The Morgan fingerprint density at radius 1 is 1.45 bits per heavy atom. The summed E-state index contributed by atoms with van der Waals surface area (Å²) in [5, 5.41) is 3.07. The van der Waals surface area contributed by atoms with Gasteiger partial charge in [0.05, 0.1) is 11.1 Å². The smallest absolute Gasteiger partial charge is 0.267 e. The average molecular weight is 388 g/mol. The predicted octanol–water partition coefficient (Wildman–Crippen LogP) is 4.83. The van der Waals surface area contributed by atoms with Crippen molar-refractivity contribution in [1.82, 2.24) is 9.55 Å². The molecular weight excluding hydrogens is 380 g/mol. The van der Waals surface area contributed by atoms with Gasteiger partial charge in [0.15, 0.2) is 4.77 Å². The van der Waals surface area contributed by atoms with Crippen molar-refractivity contribution in [2.45, 2.75) is 6.92 Å². The maximum absolute atomic E-state index is 12.6. The zero-order chi connectivity index (χ0) is 14.4. The van der Waals surface area contributed by atoms with Gasteiger partial charge in [0.2, 0.25) is 0 Å². The lowest BCUT2D eigenvalue weighted by Crippen LogP contribution is -2.20. The molecule has 0 spiro atoms. The van der Waals surface area contributed by atoms with Crippen LogP contribution < -0.4 is 5.56 Å². The Morgan fingerprint density at radius 2 is 2.20 bits per heavy atom. The molecule has 0 atom stereocenters. The fourth-order valence-corrected chi connectivity index (χ4v) is 3.89. The first-order valence-corrected chi connectivity index (χ1v) is 8.13. The van der Waals surface area contributed by atoms with Gasteiger partial charge in [-0.05, 0) is 64.2 Å². The Balaban J connectivity index is 2.44. The Labute approximate surface area is 137 Å². The van der Waals surface area contributed by atoms with Crippen LogP contribution in [0.5, 0.6) is 0 Å². The topological polar surface area (TPSA) is 37.8 Å². The first kappa shape index (κ1) is 14.0. The number of benzene rings is 1. The van der Waals surface area contributed by atoms with E-state index < -0.39 is 0 Å². The molecule has 0 saturated carbocycles. The molecule has 0 saturated heterocycles. The summed E-state index contributed by atoms with van der Waals surface area (Å²) in [6.07, 6.45) is 0. The molecule has 1 aromatic carbocycles. The normalized spacial score (nSPS) is 11.2. The van der Waals surface area contributed by atoms with Gasteiger partial charge < -0.3 is 4.98 Å². The molecule has 0 radical (unpaired) electrons. The summed E-state index contributed by atoms with van der Waals surface area (Å²) in [6, 6.07) is 5.40. The summed E-state index contributed by atoms with van der Waals surface area (Å²) in [7, 11) is 0. The molecule has 20 heavy (non-hydrogen) atoms. The number of nitrogens with zero attached hydrogens (tertiary/aromatic N) is 1. The summed E-state index contributed by atoms with van der Waals surface area (Å²) >= 11 is 16.4. The van der Waals surface area contributed by atoms with E-state index in [1.807, 2.05) is 18.4 Å². The number of thiophene rings is 1. The molecule has 0 unspecified atom stereocenters. The Morgan fingerprint density at radius 3 is 2.95 bits per heavy atom. The van der Waals surface area contributed by atoms with Crippen molar-refractivity contribution in [2.75, 3.05) is 0 Å². The standard InChI is InChI=1S/C13H8BrClN2OS2/c1-6-4-8(14)10(5-9(6)15)17-12(18)7-2-3-20-11(7)16-13(17)19/h2-5H,1H3,(H,16,19). The van der Waals surface area contributed by atoms with Gasteiger partial charge in [-0.2, -0.15) is 0 Å². The average Bonchev–Trinajstić information content (AvgIpc) is 2.83. The number of H-pyrrole nitrogens is 1. The summed E-state index contributed by atoms with van der Waals surface area (Å²) in [5.74, 6) is 0. The van der Waals surface area contributed by atoms with Crippen molar-refractivity contribution < 1.29 is 0 Å². The van der Waals surface area contributed by atoms with Gasteiger partial charge in [-0.15, -0.1) is 11.3 Å². The molecule has 0 aliphatic carbocycles. The molecular formula is C13H8BrClN2OS2. The van der Waals surface area contributed by atoms with Crippen LogP contribution in [0.15, 0.2) is 32.8 Å². The molecule has 0 fully saturated rings. The number of aromatic amines is 1. The highest BCUT2D eigenvalue weighted by Crippen LogP contribution is 2.28. The van der Waals surface area contributed by atoms with E-state index in [1.165, 1.54) is 15.9 Å². The zero-order valence-corrected chi connectivity index (χ0v) is 14.2. The second-order valence-corrected chi connectivity index (χ2v) is 6.85. The van der Waals surface area contributed by atoms with Crippen molar-refractivity contribution in [2.24, 2.45) is 0 Å². The van der Waals surface area contributed by atoms with Crippen LogP contribution >= 0.6 is 51.1 Å². The van der Waals surface area contributed by atoms with Gasteiger partial charge in [0.1, 0.15) is 4.83 Å². The first-order chi connectivity index (χ1) is 9.49. The number of halogens is 2. The fraction of sp³-hybridized carbons (Fsp3) is 0.0769. The largest absolute Gasteiger partial charge is 0.323 e. The minimum atomic E-state index is -0.148. The molecule has 1 N–H and O–H groups in total. The number of aryl methyl sites for hydroxylation is 1. The summed E-state index contributed by atoms with van der Waals surface area (Å²) in [6.45, 7) is 1.91. The van der Waals surface area contributed by atoms with Crippen LogP contribution in [0.3, 0.4) is 0 Å². The highest BCUT2D eigenvalue weighted by molar-refractivity contribution is 9.10. The Kier molecular flexibility index (Phi) is 3.58. The van der Waals surface area contributed by atoms with Crippen LogP contribution in [-0.2, 0) is 0 Å². The van der Waals surface area contributed by atoms with Crippen LogP contribution in [0.2, 0.25) is 5.02 Å². The van der Waals surface area contributed by atoms with Gasteiger partial charge >= 0.3 is 0 Å². The molecule has 0 aliphatic rings. The molecule has 3 rings (SSSR count). The van der Waals surface area contributed by atoms with Gasteiger partial charge in [0.25, 0.3) is 5.56 Å². The van der Waals surface area contributed by atoms with Crippen LogP contribution in [0.4, 0.5) is 0 Å². The van der Waals surface area contributed by atoms with Crippen molar-refractivity contribution in [3.05, 3.63) is 53.8 Å². The van der Waals surface area contributed by atoms with E-state index in [2.05, 4.69) is 20.9 Å². The molecule has 102 valence electrons. The molecule has 3 aromatic rings. The van der Waals surface area contributed by atoms with E-state index in [4.69, 9.17) is 23.8 Å². The number of aromatic nitrogens is 2. The second-order valence-electron chi connectivity index (χ2n) is 4.29. The molecule has 7 heteroatoms. The van der Waals surface area contributed by atoms with E-state index in [1.54, 1.807) is 12.1 Å². The third kappa shape index (κ3) is 2.16. The molecule has 2 aromatic heterocycles. The van der Waals surface area contributed by atoms with E-state index >= 15 is 0 Å². The maximum atomic E-state index is 12.6. The van der Waals surface area contributed by atoms with E-state index in [-0.39, 0.29) is 5.56 Å². The lowest BCUT2D eigenvalue weighted by Gasteiger charge is -2.10. The van der Waals surface area contributed by atoms with E-state index in [0.717, 1.165) is 14.9 Å². The summed E-state index contributed by atoms with van der Waals surface area (Å²) in [4.78, 5) is 16.4. The number of nitrogens with one attached hydrogen (secondary N) is 1. The predicted molar refractivity (Wildman–Crippen MR) is 90.1 cm³/mol. The Hall–Kier alpha value is -0.950. The lowest BCUT2D eigenvalue weighted by molar-refractivity contribution is 0.937. The summed E-state index contributed by atoms with van der Waals surface area (Å²) < 4.78 is 2.58. The molecule has 2 heterocycles. The molecule has 0 amide bonds. The molecule has 0 bridgehead atoms. The van der Waals surface area contributed by atoms with Gasteiger partial charge in [-0.1, -0.05) is 11.6 Å². The highest BCUT2D eigenvalue weighted by atomic mass is 79.9. The summed E-state index contributed by atoms with van der Waals surface area (Å²) in [5.41, 5.74) is 1.42. The minimum absolute atomic E-state index is 0.148. The Bertz CT molecular complexity index is 942. The molecule has 3 nitrogen and oxygen atoms in total. The van der Waals surface area contributed by atoms with Crippen molar-refractivity contribution in [3.8, 4) is 5.69 Å². The van der Waals surface area contributed by atoms with Gasteiger partial charge in [-0.3, -0.25) is 9.36 Å². The first-order valence-electron chi connectivity index (χ1n) is 5.67. The number of rotatable bonds is 1. The third-order valence-corrected chi connectivity index (χ3v) is 5.15. The number of hydrogen-bond donors (Lipinski definition) is 1. The van der Waals surface area contributed by atoms with Crippen LogP contribution in [0.1, 0.15) is 5.56 Å². The van der Waals surface area contributed by atoms with E-state index in [0.29, 0.717) is 20.9 Å². The van der Waals surface area contributed by atoms with Crippen LogP contribution in [-0.4, -0.2) is 9.55 Å². The van der Waals surface area contributed by atoms with Crippen molar-refractivity contribution in [3.63, 3.8) is 0 Å². The monoisotopic (exact) mass is 386 g/mol. The second kappa shape index (κ2) is 5.11. The number of fused-ring (bicyclic) bond motifs is 1. The maximum Gasteiger partial charge on any atom is 0.267 e. The fourth-order valence-electron chi connectivity index (χ4n) is 1.97. The van der Waals surface area contributed by atoms with Crippen LogP contribution in [0.25, 0.3) is 15.9 Å². The quantitative estimate of drug-likeness (QED) is 0.607. The lowest BCUT2D eigenvalue weighted by atomic mass is 10.2. The zero-order valence-electron chi connectivity index (χ0n) is 10.2. The van der Waals surface area contributed by atoms with Gasteiger partial charge in [-0.25, -0.2) is 0 Å². The highest BCUT2D eigenvalue weighted by Gasteiger charge is 2.12. The molecule has 0 aliphatic heterocycles. The van der Waals surface area contributed by atoms with Crippen LogP contribution in [0, 0.1) is 11.7 Å². The SMILES string of the molecule is Cc1cc(Br)c(-n2c(=S)[nH]c3sccc3c2=O)cc1Cl. The third-order valence-electron chi connectivity index (χ3n) is 2.99. The van der Waals surface area contributed by atoms with Crippen molar-refractivity contribution >= 4 is 61.3 Å².